The number of hydrogen-bond acceptors (Lipinski definition) is 3. The van der Waals surface area contributed by atoms with Gasteiger partial charge in [0.05, 0.1) is 17.5 Å². The van der Waals surface area contributed by atoms with Crippen molar-refractivity contribution in [1.82, 2.24) is 0 Å². The van der Waals surface area contributed by atoms with Crippen LogP contribution >= 0.6 is 0 Å². The van der Waals surface area contributed by atoms with Gasteiger partial charge in [-0.3, -0.25) is 14.5 Å². The van der Waals surface area contributed by atoms with Crippen molar-refractivity contribution in [1.29, 1.82) is 0 Å². The zero-order valence-corrected chi connectivity index (χ0v) is 14.3. The van der Waals surface area contributed by atoms with Crippen LogP contribution in [0, 0.1) is 23.7 Å². The number of hydrogen-bond donors (Lipinski definition) is 1. The van der Waals surface area contributed by atoms with E-state index >= 15 is 0 Å². The van der Waals surface area contributed by atoms with Crippen molar-refractivity contribution >= 4 is 23.2 Å². The molecule has 3 aliphatic rings. The number of benzene rings is 2. The molecule has 2 fully saturated rings. The van der Waals surface area contributed by atoms with Gasteiger partial charge < -0.3 is 5.73 Å². The maximum absolute atomic E-state index is 12.9. The predicted molar refractivity (Wildman–Crippen MR) is 100 cm³/mol. The van der Waals surface area contributed by atoms with E-state index in [1.807, 2.05) is 48.5 Å². The molecular weight excluding hydrogens is 324 g/mol. The van der Waals surface area contributed by atoms with Crippen LogP contribution in [0.4, 0.5) is 11.4 Å². The minimum atomic E-state index is -0.146. The summed E-state index contributed by atoms with van der Waals surface area (Å²) in [6.45, 7) is 0. The Kier molecular flexibility index (Phi) is 3.29. The molecule has 0 spiro atoms. The molecule has 1 heterocycles. The Hall–Kier alpha value is -2.88. The van der Waals surface area contributed by atoms with E-state index in [-0.39, 0.29) is 35.5 Å². The van der Waals surface area contributed by atoms with E-state index in [1.54, 1.807) is 0 Å². The fraction of sp³-hybridized carbons (Fsp3) is 0.273. The van der Waals surface area contributed by atoms with Crippen LogP contribution in [-0.4, -0.2) is 11.8 Å². The third-order valence-corrected chi connectivity index (χ3v) is 6.05. The molecule has 5 rings (SSSR count). The highest BCUT2D eigenvalue weighted by atomic mass is 16.2. The molecule has 4 nitrogen and oxygen atoms in total. The van der Waals surface area contributed by atoms with Gasteiger partial charge in [-0.05, 0) is 60.1 Å². The fourth-order valence-corrected chi connectivity index (χ4v) is 4.79. The molecule has 1 aliphatic heterocycles. The number of nitrogens with two attached hydrogens (primary N) is 1. The van der Waals surface area contributed by atoms with Gasteiger partial charge in [0.15, 0.2) is 0 Å². The molecule has 0 aromatic heterocycles. The van der Waals surface area contributed by atoms with Gasteiger partial charge in [-0.25, -0.2) is 0 Å². The van der Waals surface area contributed by atoms with Crippen LogP contribution in [0.5, 0.6) is 0 Å². The SMILES string of the molecule is Nc1ccc(Cc2ccc(N3C(=O)C4C5C=CC(C5)C4C3=O)cc2)cc1. The Labute approximate surface area is 152 Å². The van der Waals surface area contributed by atoms with Crippen LogP contribution in [0.1, 0.15) is 17.5 Å². The van der Waals surface area contributed by atoms with E-state index in [2.05, 4.69) is 12.2 Å². The minimum absolute atomic E-state index is 0.0249. The van der Waals surface area contributed by atoms with Gasteiger partial charge in [-0.2, -0.15) is 0 Å². The molecule has 2 aromatic rings. The number of fused-ring (bicyclic) bond motifs is 5. The van der Waals surface area contributed by atoms with Crippen LogP contribution in [0.25, 0.3) is 0 Å². The van der Waals surface area contributed by atoms with Crippen molar-refractivity contribution in [2.75, 3.05) is 10.6 Å². The number of nitrogens with zero attached hydrogens (tertiary/aromatic N) is 1. The summed E-state index contributed by atoms with van der Waals surface area (Å²) in [5.74, 6) is 0.151. The van der Waals surface area contributed by atoms with Gasteiger partial charge in [0.2, 0.25) is 11.8 Å². The first-order valence-corrected chi connectivity index (χ1v) is 9.11. The molecule has 2 aromatic carbocycles. The van der Waals surface area contributed by atoms with Crippen molar-refractivity contribution in [3.8, 4) is 0 Å². The van der Waals surface area contributed by atoms with Crippen molar-refractivity contribution in [3.05, 3.63) is 71.8 Å². The highest BCUT2D eigenvalue weighted by molar-refractivity contribution is 6.22. The van der Waals surface area contributed by atoms with Gasteiger partial charge in [0, 0.05) is 5.69 Å². The second-order valence-corrected chi connectivity index (χ2v) is 7.60. The Morgan fingerprint density at radius 3 is 1.85 bits per heavy atom. The Morgan fingerprint density at radius 1 is 0.808 bits per heavy atom. The monoisotopic (exact) mass is 344 g/mol. The Bertz CT molecular complexity index is 884. The van der Waals surface area contributed by atoms with Gasteiger partial charge >= 0.3 is 0 Å². The summed E-state index contributed by atoms with van der Waals surface area (Å²) in [5.41, 5.74) is 9.48. The van der Waals surface area contributed by atoms with Crippen molar-refractivity contribution in [2.24, 2.45) is 23.7 Å². The number of carbonyl (C=O) groups is 2. The number of allylic oxidation sites excluding steroid dienone is 2. The molecule has 2 bridgehead atoms. The van der Waals surface area contributed by atoms with Crippen LogP contribution < -0.4 is 10.6 Å². The van der Waals surface area contributed by atoms with E-state index < -0.39 is 0 Å². The molecular formula is C22H20N2O2. The molecule has 2 N–H and O–H groups in total. The number of carbonyl (C=O) groups excluding carboxylic acids is 2. The Balaban J connectivity index is 1.37. The fourth-order valence-electron chi connectivity index (χ4n) is 4.79. The van der Waals surface area contributed by atoms with Crippen LogP contribution in [0.15, 0.2) is 60.7 Å². The number of amides is 2. The standard InChI is InChI=1S/C22H20N2O2/c23-17-7-1-13(2-8-17)11-14-3-9-18(10-4-14)24-21(25)19-15-5-6-16(12-15)20(19)22(24)26/h1-10,15-16,19-20H,11-12,23H2. The first-order chi connectivity index (χ1) is 12.6. The van der Waals surface area contributed by atoms with E-state index in [1.165, 1.54) is 10.5 Å². The number of nitrogen functional groups attached to an aromatic ring is 1. The molecule has 2 aliphatic carbocycles. The molecule has 1 saturated heterocycles. The first kappa shape index (κ1) is 15.4. The van der Waals surface area contributed by atoms with Crippen LogP contribution in [-0.2, 0) is 16.0 Å². The minimum Gasteiger partial charge on any atom is -0.399 e. The quantitative estimate of drug-likeness (QED) is 0.528. The summed E-state index contributed by atoms with van der Waals surface area (Å²) in [6.07, 6.45) is 6.00. The number of imide groups is 1. The smallest absolute Gasteiger partial charge is 0.238 e. The average Bonchev–Trinajstić information content (AvgIpc) is 3.32. The lowest BCUT2D eigenvalue weighted by Crippen LogP contribution is -2.32. The zero-order chi connectivity index (χ0) is 17.8. The molecule has 2 amide bonds. The number of rotatable bonds is 3. The maximum Gasteiger partial charge on any atom is 0.238 e. The van der Waals surface area contributed by atoms with E-state index in [9.17, 15) is 9.59 Å². The van der Waals surface area contributed by atoms with Crippen molar-refractivity contribution in [3.63, 3.8) is 0 Å². The Morgan fingerprint density at radius 2 is 1.31 bits per heavy atom. The second kappa shape index (κ2) is 5.56. The molecule has 1 saturated carbocycles. The van der Waals surface area contributed by atoms with Crippen LogP contribution in [0.2, 0.25) is 0 Å². The molecule has 130 valence electrons. The van der Waals surface area contributed by atoms with E-state index in [0.29, 0.717) is 5.69 Å². The lowest BCUT2D eigenvalue weighted by molar-refractivity contribution is -0.123. The summed E-state index contributed by atoms with van der Waals surface area (Å²) in [5, 5.41) is 0. The average molecular weight is 344 g/mol. The van der Waals surface area contributed by atoms with Gasteiger partial charge in [0.1, 0.15) is 0 Å². The van der Waals surface area contributed by atoms with E-state index in [0.717, 1.165) is 24.1 Å². The molecule has 26 heavy (non-hydrogen) atoms. The highest BCUT2D eigenvalue weighted by Gasteiger charge is 2.59. The largest absolute Gasteiger partial charge is 0.399 e. The predicted octanol–water partition coefficient (Wildman–Crippen LogP) is 3.17. The molecule has 4 unspecified atom stereocenters. The number of anilines is 2. The molecule has 0 radical (unpaired) electrons. The van der Waals surface area contributed by atoms with Crippen LogP contribution in [0.3, 0.4) is 0 Å². The van der Waals surface area contributed by atoms with Crippen molar-refractivity contribution < 1.29 is 9.59 Å². The third kappa shape index (κ3) is 2.22. The summed E-state index contributed by atoms with van der Waals surface area (Å²) < 4.78 is 0. The third-order valence-electron chi connectivity index (χ3n) is 6.05. The summed E-state index contributed by atoms with van der Waals surface area (Å²) in [6, 6.07) is 15.6. The topological polar surface area (TPSA) is 63.4 Å². The van der Waals surface area contributed by atoms with E-state index in [4.69, 9.17) is 5.73 Å². The normalized spacial score (nSPS) is 28.8. The van der Waals surface area contributed by atoms with Crippen molar-refractivity contribution in [2.45, 2.75) is 12.8 Å². The highest BCUT2D eigenvalue weighted by Crippen LogP contribution is 2.53. The van der Waals surface area contributed by atoms with Gasteiger partial charge in [-0.15, -0.1) is 0 Å². The van der Waals surface area contributed by atoms with Gasteiger partial charge in [0.25, 0.3) is 0 Å². The zero-order valence-electron chi connectivity index (χ0n) is 14.3. The maximum atomic E-state index is 12.9. The lowest BCUT2D eigenvalue weighted by atomic mass is 9.85. The summed E-state index contributed by atoms with van der Waals surface area (Å²) in [4.78, 5) is 27.1. The summed E-state index contributed by atoms with van der Waals surface area (Å²) in [7, 11) is 0. The first-order valence-electron chi connectivity index (χ1n) is 9.11. The molecule has 4 heteroatoms. The summed E-state index contributed by atoms with van der Waals surface area (Å²) >= 11 is 0. The molecule has 4 atom stereocenters. The van der Waals surface area contributed by atoms with Gasteiger partial charge in [-0.1, -0.05) is 36.4 Å². The second-order valence-electron chi connectivity index (χ2n) is 7.60. The lowest BCUT2D eigenvalue weighted by Gasteiger charge is -2.17.